The number of rotatable bonds is 7. The molecule has 0 saturated carbocycles. The van der Waals surface area contributed by atoms with Gasteiger partial charge in [0.25, 0.3) is 10.0 Å². The lowest BCUT2D eigenvalue weighted by atomic mass is 10.0. The van der Waals surface area contributed by atoms with Gasteiger partial charge >= 0.3 is 0 Å². The van der Waals surface area contributed by atoms with Gasteiger partial charge in [-0.3, -0.25) is 9.69 Å². The molecule has 4 heterocycles. The molecule has 0 spiro atoms. The number of aromatic nitrogens is 1. The lowest BCUT2D eigenvalue weighted by Crippen LogP contribution is -2.54. The van der Waals surface area contributed by atoms with Gasteiger partial charge in [0.15, 0.2) is 5.13 Å². The highest BCUT2D eigenvalue weighted by molar-refractivity contribution is 7.91. The van der Waals surface area contributed by atoms with E-state index in [0.29, 0.717) is 47.8 Å². The third-order valence-corrected chi connectivity index (χ3v) is 11.0. The molecule has 2 aliphatic heterocycles. The standard InChI is InChI=1S/C23H26ClN3O5S3/c1-31-15-7-8-19-17(13-15)25-23(33-19)26(14-16-5-4-12-32-16)22(28)18-6-2-3-11-27(18)35(29,30)21-10-9-20(24)34-21/h7-10,13,16,18H,2-6,11-12,14H2,1H3. The van der Waals surface area contributed by atoms with Crippen molar-refractivity contribution in [2.75, 3.05) is 31.7 Å². The molecule has 0 N–H and O–H groups in total. The van der Waals surface area contributed by atoms with Crippen LogP contribution in [-0.2, 0) is 19.6 Å². The van der Waals surface area contributed by atoms with Crippen molar-refractivity contribution in [1.82, 2.24) is 9.29 Å². The number of methoxy groups -OCH3 is 1. The summed E-state index contributed by atoms with van der Waals surface area (Å²) in [5.74, 6) is 0.419. The van der Waals surface area contributed by atoms with E-state index in [1.807, 2.05) is 18.2 Å². The van der Waals surface area contributed by atoms with Crippen LogP contribution in [0.2, 0.25) is 4.34 Å². The number of anilines is 1. The zero-order valence-corrected chi connectivity index (χ0v) is 22.4. The van der Waals surface area contributed by atoms with Crippen molar-refractivity contribution < 1.29 is 22.7 Å². The summed E-state index contributed by atoms with van der Waals surface area (Å²) in [6.45, 7) is 1.29. The lowest BCUT2D eigenvalue weighted by Gasteiger charge is -2.36. The highest BCUT2D eigenvalue weighted by Gasteiger charge is 2.41. The summed E-state index contributed by atoms with van der Waals surface area (Å²) < 4.78 is 40.9. The molecule has 2 saturated heterocycles. The monoisotopic (exact) mass is 555 g/mol. The van der Waals surface area contributed by atoms with E-state index in [0.717, 1.165) is 40.8 Å². The van der Waals surface area contributed by atoms with Crippen LogP contribution in [0.5, 0.6) is 5.75 Å². The van der Waals surface area contributed by atoms with Gasteiger partial charge in [-0.1, -0.05) is 29.4 Å². The Morgan fingerprint density at radius 3 is 2.80 bits per heavy atom. The molecule has 2 aliphatic rings. The largest absolute Gasteiger partial charge is 0.497 e. The first kappa shape index (κ1) is 24.9. The van der Waals surface area contributed by atoms with Gasteiger partial charge in [-0.15, -0.1) is 11.3 Å². The van der Waals surface area contributed by atoms with Gasteiger partial charge in [0.2, 0.25) is 5.91 Å². The van der Waals surface area contributed by atoms with Crippen molar-refractivity contribution in [2.24, 2.45) is 0 Å². The van der Waals surface area contributed by atoms with Crippen LogP contribution in [-0.4, -0.2) is 62.6 Å². The molecule has 5 rings (SSSR count). The summed E-state index contributed by atoms with van der Waals surface area (Å²) in [6, 6.07) is 7.88. The third kappa shape index (κ3) is 5.07. The maximum absolute atomic E-state index is 14.1. The number of hydrogen-bond donors (Lipinski definition) is 0. The first-order valence-corrected chi connectivity index (χ1v) is 15.0. The van der Waals surface area contributed by atoms with Gasteiger partial charge < -0.3 is 9.47 Å². The van der Waals surface area contributed by atoms with Crippen molar-refractivity contribution in [2.45, 2.75) is 48.5 Å². The second-order valence-electron chi connectivity index (χ2n) is 8.60. The van der Waals surface area contributed by atoms with E-state index in [9.17, 15) is 13.2 Å². The Kier molecular flexibility index (Phi) is 7.34. The number of carbonyl (C=O) groups is 1. The number of carbonyl (C=O) groups excluding carboxylic acids is 1. The summed E-state index contributed by atoms with van der Waals surface area (Å²) >= 11 is 8.44. The predicted molar refractivity (Wildman–Crippen MR) is 138 cm³/mol. The molecule has 1 aromatic carbocycles. The zero-order valence-electron chi connectivity index (χ0n) is 19.2. The number of nitrogens with zero attached hydrogens (tertiary/aromatic N) is 3. The van der Waals surface area contributed by atoms with Crippen molar-refractivity contribution in [1.29, 1.82) is 0 Å². The molecule has 0 radical (unpaired) electrons. The second kappa shape index (κ2) is 10.3. The number of halogens is 1. The number of fused-ring (bicyclic) bond motifs is 1. The summed E-state index contributed by atoms with van der Waals surface area (Å²) in [6.07, 6.45) is 3.62. The van der Waals surface area contributed by atoms with Gasteiger partial charge in [-0.2, -0.15) is 4.31 Å². The van der Waals surface area contributed by atoms with Crippen LogP contribution in [0.4, 0.5) is 5.13 Å². The Balaban J connectivity index is 1.50. The molecule has 2 aromatic heterocycles. The van der Waals surface area contributed by atoms with Gasteiger partial charge in [0.1, 0.15) is 16.0 Å². The molecule has 2 atom stereocenters. The summed E-state index contributed by atoms with van der Waals surface area (Å²) in [7, 11) is -2.26. The molecule has 0 bridgehead atoms. The van der Waals surface area contributed by atoms with Crippen LogP contribution in [0.3, 0.4) is 0 Å². The molecule has 3 aromatic rings. The van der Waals surface area contributed by atoms with E-state index in [1.54, 1.807) is 18.1 Å². The molecule has 188 valence electrons. The van der Waals surface area contributed by atoms with Crippen molar-refractivity contribution in [3.63, 3.8) is 0 Å². The quantitative estimate of drug-likeness (QED) is 0.417. The van der Waals surface area contributed by atoms with Gasteiger partial charge in [-0.05, 0) is 49.9 Å². The smallest absolute Gasteiger partial charge is 0.253 e. The summed E-state index contributed by atoms with van der Waals surface area (Å²) in [5.41, 5.74) is 0.732. The van der Waals surface area contributed by atoms with Crippen LogP contribution in [0.1, 0.15) is 32.1 Å². The first-order valence-electron chi connectivity index (χ1n) is 11.5. The van der Waals surface area contributed by atoms with E-state index in [4.69, 9.17) is 26.1 Å². The maximum Gasteiger partial charge on any atom is 0.253 e. The topological polar surface area (TPSA) is 89.0 Å². The fourth-order valence-electron chi connectivity index (χ4n) is 4.56. The van der Waals surface area contributed by atoms with E-state index in [1.165, 1.54) is 21.7 Å². The molecule has 12 heteroatoms. The number of hydrogen-bond acceptors (Lipinski definition) is 8. The Hall–Kier alpha value is -1.76. The molecule has 2 fully saturated rings. The third-order valence-electron chi connectivity index (χ3n) is 6.34. The molecular formula is C23H26ClN3O5S3. The van der Waals surface area contributed by atoms with Crippen LogP contribution in [0.25, 0.3) is 10.2 Å². The fraction of sp³-hybridized carbons (Fsp3) is 0.478. The normalized spacial score (nSPS) is 21.4. The predicted octanol–water partition coefficient (Wildman–Crippen LogP) is 4.78. The van der Waals surface area contributed by atoms with Crippen LogP contribution < -0.4 is 9.64 Å². The van der Waals surface area contributed by atoms with Crippen LogP contribution in [0.15, 0.2) is 34.5 Å². The number of sulfonamides is 1. The maximum atomic E-state index is 14.1. The number of piperidine rings is 1. The van der Waals surface area contributed by atoms with Crippen molar-refractivity contribution in [3.8, 4) is 5.75 Å². The number of thiophene rings is 1. The van der Waals surface area contributed by atoms with E-state index >= 15 is 0 Å². The number of thiazole rings is 1. The molecule has 35 heavy (non-hydrogen) atoms. The number of amides is 1. The summed E-state index contributed by atoms with van der Waals surface area (Å²) in [4.78, 5) is 20.4. The number of ether oxygens (including phenoxy) is 2. The molecule has 8 nitrogen and oxygen atoms in total. The first-order chi connectivity index (χ1) is 16.9. The zero-order chi connectivity index (χ0) is 24.6. The summed E-state index contributed by atoms with van der Waals surface area (Å²) in [5, 5.41) is 0.538. The van der Waals surface area contributed by atoms with E-state index in [-0.39, 0.29) is 16.2 Å². The SMILES string of the molecule is COc1ccc2sc(N(CC3CCCO3)C(=O)C3CCCCN3S(=O)(=O)c3ccc(Cl)s3)nc2c1. The van der Waals surface area contributed by atoms with Crippen molar-refractivity contribution >= 4 is 65.6 Å². The van der Waals surface area contributed by atoms with Crippen LogP contribution in [0, 0.1) is 0 Å². The molecule has 2 unspecified atom stereocenters. The number of benzene rings is 1. The van der Waals surface area contributed by atoms with E-state index in [2.05, 4.69) is 0 Å². The fourth-order valence-corrected chi connectivity index (χ4v) is 8.79. The molecular weight excluding hydrogens is 530 g/mol. The Labute approximate surface area is 217 Å². The minimum absolute atomic E-state index is 0.106. The van der Waals surface area contributed by atoms with Crippen molar-refractivity contribution in [3.05, 3.63) is 34.7 Å². The highest BCUT2D eigenvalue weighted by Crippen LogP contribution is 2.36. The van der Waals surface area contributed by atoms with E-state index < -0.39 is 16.1 Å². The Morgan fingerprint density at radius 1 is 1.23 bits per heavy atom. The van der Waals surface area contributed by atoms with Crippen LogP contribution >= 0.6 is 34.3 Å². The molecule has 0 aliphatic carbocycles. The Bertz CT molecular complexity index is 1320. The second-order valence-corrected chi connectivity index (χ2v) is 13.4. The van der Waals surface area contributed by atoms with Gasteiger partial charge in [-0.25, -0.2) is 13.4 Å². The minimum atomic E-state index is -3.86. The van der Waals surface area contributed by atoms with Gasteiger partial charge in [0.05, 0.1) is 34.3 Å². The minimum Gasteiger partial charge on any atom is -0.497 e. The average Bonchev–Trinajstić information content (AvgIpc) is 3.62. The lowest BCUT2D eigenvalue weighted by molar-refractivity contribution is -0.123. The average molecular weight is 556 g/mol. The Morgan fingerprint density at radius 2 is 2.09 bits per heavy atom. The highest BCUT2D eigenvalue weighted by atomic mass is 35.5. The molecule has 1 amide bonds. The van der Waals surface area contributed by atoms with Gasteiger partial charge in [0, 0.05) is 19.2 Å².